The molecule has 0 bridgehead atoms. The molecule has 2 atom stereocenters. The molecule has 0 aliphatic carbocycles. The minimum atomic E-state index is -0.202. The maximum atomic E-state index is 13.0. The van der Waals surface area contributed by atoms with Gasteiger partial charge in [0.05, 0.1) is 5.69 Å². The molecule has 1 aliphatic rings. The topological polar surface area (TPSA) is 15.3 Å². The van der Waals surface area contributed by atoms with Crippen molar-refractivity contribution in [2.24, 2.45) is 0 Å². The van der Waals surface area contributed by atoms with Crippen molar-refractivity contribution in [3.63, 3.8) is 0 Å². The van der Waals surface area contributed by atoms with E-state index in [0.717, 1.165) is 23.2 Å². The highest BCUT2D eigenvalue weighted by atomic mass is 79.9. The van der Waals surface area contributed by atoms with Crippen LogP contribution in [0.4, 0.5) is 10.1 Å². The molecule has 1 aromatic carbocycles. The van der Waals surface area contributed by atoms with Gasteiger partial charge < -0.3 is 10.2 Å². The molecule has 0 spiro atoms. The first kappa shape index (κ1) is 11.9. The summed E-state index contributed by atoms with van der Waals surface area (Å²) in [5, 5.41) is 3.43. The zero-order valence-corrected chi connectivity index (χ0v) is 11.1. The first-order chi connectivity index (χ1) is 7.58. The van der Waals surface area contributed by atoms with Crippen molar-refractivity contribution in [2.45, 2.75) is 25.9 Å². The van der Waals surface area contributed by atoms with Gasteiger partial charge in [-0.15, -0.1) is 0 Å². The van der Waals surface area contributed by atoms with Crippen LogP contribution in [-0.2, 0) is 0 Å². The second-order valence-corrected chi connectivity index (χ2v) is 5.26. The van der Waals surface area contributed by atoms with Crippen molar-refractivity contribution in [2.75, 3.05) is 18.0 Å². The Morgan fingerprint density at radius 1 is 1.44 bits per heavy atom. The van der Waals surface area contributed by atoms with Crippen LogP contribution in [-0.4, -0.2) is 25.2 Å². The lowest BCUT2D eigenvalue weighted by Gasteiger charge is -2.39. The average Bonchev–Trinajstić information content (AvgIpc) is 2.22. The fourth-order valence-electron chi connectivity index (χ4n) is 2.07. The molecule has 0 radical (unpaired) electrons. The van der Waals surface area contributed by atoms with Gasteiger partial charge in [0.2, 0.25) is 0 Å². The normalized spacial score (nSPS) is 25.9. The minimum absolute atomic E-state index is 0.202. The van der Waals surface area contributed by atoms with Crippen LogP contribution in [0.5, 0.6) is 0 Å². The lowest BCUT2D eigenvalue weighted by molar-refractivity contribution is 0.424. The van der Waals surface area contributed by atoms with Gasteiger partial charge >= 0.3 is 0 Å². The molecular formula is C12H16BrFN2. The molecule has 2 nitrogen and oxygen atoms in total. The van der Waals surface area contributed by atoms with E-state index >= 15 is 0 Å². The molecular weight excluding hydrogens is 271 g/mol. The predicted octanol–water partition coefficient (Wildman–Crippen LogP) is 2.77. The monoisotopic (exact) mass is 286 g/mol. The Kier molecular flexibility index (Phi) is 3.50. The lowest BCUT2D eigenvalue weighted by atomic mass is 10.1. The molecule has 1 fully saturated rings. The third-order valence-electron chi connectivity index (χ3n) is 2.98. The summed E-state index contributed by atoms with van der Waals surface area (Å²) < 4.78 is 13.9. The summed E-state index contributed by atoms with van der Waals surface area (Å²) in [5.74, 6) is -0.202. The summed E-state index contributed by atoms with van der Waals surface area (Å²) in [6.45, 7) is 6.25. The van der Waals surface area contributed by atoms with E-state index in [9.17, 15) is 4.39 Å². The van der Waals surface area contributed by atoms with Crippen LogP contribution >= 0.6 is 15.9 Å². The molecule has 1 N–H and O–H groups in total. The number of hydrogen-bond donors (Lipinski definition) is 1. The van der Waals surface area contributed by atoms with E-state index in [1.165, 1.54) is 12.1 Å². The quantitative estimate of drug-likeness (QED) is 0.854. The van der Waals surface area contributed by atoms with Crippen LogP contribution in [0.15, 0.2) is 22.7 Å². The number of hydrogen-bond acceptors (Lipinski definition) is 2. The van der Waals surface area contributed by atoms with Crippen LogP contribution in [0.3, 0.4) is 0 Å². The second-order valence-electron chi connectivity index (χ2n) is 4.41. The predicted molar refractivity (Wildman–Crippen MR) is 68.4 cm³/mol. The van der Waals surface area contributed by atoms with Crippen LogP contribution in [0, 0.1) is 5.82 Å². The van der Waals surface area contributed by atoms with Crippen molar-refractivity contribution < 1.29 is 4.39 Å². The van der Waals surface area contributed by atoms with E-state index in [0.29, 0.717) is 12.1 Å². The highest BCUT2D eigenvalue weighted by Gasteiger charge is 2.23. The Morgan fingerprint density at radius 2 is 2.19 bits per heavy atom. The summed E-state index contributed by atoms with van der Waals surface area (Å²) in [6.07, 6.45) is 0. The van der Waals surface area contributed by atoms with E-state index in [4.69, 9.17) is 0 Å². The van der Waals surface area contributed by atoms with Crippen LogP contribution < -0.4 is 10.2 Å². The largest absolute Gasteiger partial charge is 0.365 e. The van der Waals surface area contributed by atoms with Crippen molar-refractivity contribution >= 4 is 21.6 Å². The standard InChI is InChI=1S/C12H16BrFN2/c1-8-7-16(9(2)6-15-8)12-4-3-10(14)5-11(12)13/h3-5,8-9,15H,6-7H2,1-2H3. The van der Waals surface area contributed by atoms with Gasteiger partial charge in [-0.3, -0.25) is 0 Å². The Hall–Kier alpha value is -0.610. The third kappa shape index (κ3) is 2.38. The van der Waals surface area contributed by atoms with Gasteiger partial charge in [0, 0.05) is 29.6 Å². The number of benzene rings is 1. The van der Waals surface area contributed by atoms with E-state index in [-0.39, 0.29) is 5.82 Å². The summed E-state index contributed by atoms with van der Waals surface area (Å²) in [7, 11) is 0. The van der Waals surface area contributed by atoms with Gasteiger partial charge in [-0.25, -0.2) is 4.39 Å². The summed E-state index contributed by atoms with van der Waals surface area (Å²) in [4.78, 5) is 2.31. The van der Waals surface area contributed by atoms with Crippen molar-refractivity contribution in [1.82, 2.24) is 5.32 Å². The zero-order valence-electron chi connectivity index (χ0n) is 9.50. The summed E-state index contributed by atoms with van der Waals surface area (Å²) in [6, 6.07) is 5.77. The fraction of sp³-hybridized carbons (Fsp3) is 0.500. The smallest absolute Gasteiger partial charge is 0.124 e. The molecule has 2 unspecified atom stereocenters. The molecule has 0 amide bonds. The second kappa shape index (κ2) is 4.72. The average molecular weight is 287 g/mol. The Morgan fingerprint density at radius 3 is 2.88 bits per heavy atom. The van der Waals surface area contributed by atoms with Crippen LogP contribution in [0.2, 0.25) is 0 Å². The van der Waals surface area contributed by atoms with E-state index in [2.05, 4.69) is 40.0 Å². The maximum Gasteiger partial charge on any atom is 0.124 e. The van der Waals surface area contributed by atoms with Gasteiger partial charge in [-0.05, 0) is 48.0 Å². The molecule has 0 saturated carbocycles. The molecule has 1 heterocycles. The third-order valence-corrected chi connectivity index (χ3v) is 3.62. The number of anilines is 1. The first-order valence-corrected chi connectivity index (χ1v) is 6.32. The Balaban J connectivity index is 2.28. The fourth-order valence-corrected chi connectivity index (χ4v) is 2.65. The molecule has 2 rings (SSSR count). The minimum Gasteiger partial charge on any atom is -0.365 e. The van der Waals surface area contributed by atoms with Gasteiger partial charge in [0.15, 0.2) is 0 Å². The van der Waals surface area contributed by atoms with Crippen molar-refractivity contribution in [3.8, 4) is 0 Å². The number of nitrogens with zero attached hydrogens (tertiary/aromatic N) is 1. The number of halogens is 2. The lowest BCUT2D eigenvalue weighted by Crippen LogP contribution is -2.54. The van der Waals surface area contributed by atoms with E-state index in [1.54, 1.807) is 0 Å². The number of rotatable bonds is 1. The van der Waals surface area contributed by atoms with Gasteiger partial charge in [-0.2, -0.15) is 0 Å². The zero-order chi connectivity index (χ0) is 11.7. The molecule has 88 valence electrons. The first-order valence-electron chi connectivity index (χ1n) is 5.53. The number of piperazine rings is 1. The Labute approximate surface area is 104 Å². The van der Waals surface area contributed by atoms with Crippen LogP contribution in [0.1, 0.15) is 13.8 Å². The van der Waals surface area contributed by atoms with Crippen molar-refractivity contribution in [3.05, 3.63) is 28.5 Å². The van der Waals surface area contributed by atoms with Crippen molar-refractivity contribution in [1.29, 1.82) is 0 Å². The van der Waals surface area contributed by atoms with Gasteiger partial charge in [0.1, 0.15) is 5.82 Å². The molecule has 1 aromatic rings. The van der Waals surface area contributed by atoms with Gasteiger partial charge in [-0.1, -0.05) is 0 Å². The van der Waals surface area contributed by atoms with Crippen LogP contribution in [0.25, 0.3) is 0 Å². The SMILES string of the molecule is CC1CN(c2ccc(F)cc2Br)C(C)CN1. The summed E-state index contributed by atoms with van der Waals surface area (Å²) in [5.41, 5.74) is 1.07. The highest BCUT2D eigenvalue weighted by Crippen LogP contribution is 2.29. The van der Waals surface area contributed by atoms with E-state index < -0.39 is 0 Å². The molecule has 4 heteroatoms. The molecule has 16 heavy (non-hydrogen) atoms. The van der Waals surface area contributed by atoms with Gasteiger partial charge in [0.25, 0.3) is 0 Å². The Bertz CT molecular complexity index is 383. The highest BCUT2D eigenvalue weighted by molar-refractivity contribution is 9.10. The number of nitrogens with one attached hydrogen (secondary N) is 1. The summed E-state index contributed by atoms with van der Waals surface area (Å²) >= 11 is 3.43. The van der Waals surface area contributed by atoms with E-state index in [1.807, 2.05) is 6.07 Å². The maximum absolute atomic E-state index is 13.0. The molecule has 0 aromatic heterocycles. The molecule has 1 saturated heterocycles. The molecule has 1 aliphatic heterocycles.